The molecule has 0 saturated carbocycles. The maximum Gasteiger partial charge on any atom is 0.125 e. The number of rotatable bonds is 4. The maximum absolute atomic E-state index is 6.03. The van der Waals surface area contributed by atoms with Gasteiger partial charge in [-0.05, 0) is 30.5 Å². The van der Waals surface area contributed by atoms with E-state index in [2.05, 4.69) is 30.3 Å². The second-order valence-corrected chi connectivity index (χ2v) is 5.59. The Labute approximate surface area is 118 Å². The monoisotopic (exact) mass is 284 g/mol. The van der Waals surface area contributed by atoms with Crippen molar-refractivity contribution in [3.63, 3.8) is 0 Å². The number of imidazole rings is 1. The Bertz CT molecular complexity index is 546. The largest absolute Gasteiger partial charge is 0.324 e. The molecule has 1 atom stereocenters. The highest BCUT2D eigenvalue weighted by Gasteiger charge is 2.20. The van der Waals surface area contributed by atoms with Crippen molar-refractivity contribution in [2.24, 2.45) is 5.92 Å². The van der Waals surface area contributed by atoms with Gasteiger partial charge in [0.15, 0.2) is 0 Å². The van der Waals surface area contributed by atoms with E-state index in [0.29, 0.717) is 22.9 Å². The molecule has 1 heterocycles. The number of nitrogens with zero attached hydrogens (tertiary/aromatic N) is 2. The van der Waals surface area contributed by atoms with Gasteiger partial charge in [0.1, 0.15) is 5.82 Å². The fourth-order valence-electron chi connectivity index (χ4n) is 2.54. The third kappa shape index (κ3) is 2.36. The number of alkyl halides is 1. The summed E-state index contributed by atoms with van der Waals surface area (Å²) in [5, 5.41) is 0.714. The van der Waals surface area contributed by atoms with Gasteiger partial charge in [0.25, 0.3) is 0 Å². The van der Waals surface area contributed by atoms with E-state index >= 15 is 0 Å². The molecular formula is C14H18Cl2N2. The molecule has 1 aromatic heterocycles. The first-order valence-corrected chi connectivity index (χ1v) is 7.22. The van der Waals surface area contributed by atoms with Crippen molar-refractivity contribution in [2.75, 3.05) is 0 Å². The van der Waals surface area contributed by atoms with E-state index in [0.717, 1.165) is 23.3 Å². The topological polar surface area (TPSA) is 17.8 Å². The Kier molecular flexibility index (Phi) is 4.18. The lowest BCUT2D eigenvalue weighted by atomic mass is 10.0. The first-order chi connectivity index (χ1) is 8.58. The summed E-state index contributed by atoms with van der Waals surface area (Å²) >= 11 is 12.0. The fourth-order valence-corrected chi connectivity index (χ4v) is 2.89. The van der Waals surface area contributed by atoms with Gasteiger partial charge in [-0.3, -0.25) is 0 Å². The van der Waals surface area contributed by atoms with Crippen LogP contribution in [0.25, 0.3) is 11.0 Å². The second-order valence-electron chi connectivity index (χ2n) is 4.88. The Morgan fingerprint density at radius 1 is 1.33 bits per heavy atom. The lowest BCUT2D eigenvalue weighted by molar-refractivity contribution is 0.367. The molecule has 1 unspecified atom stereocenters. The van der Waals surface area contributed by atoms with Crippen LogP contribution < -0.4 is 0 Å². The minimum absolute atomic E-state index is 0.421. The summed E-state index contributed by atoms with van der Waals surface area (Å²) in [6.07, 6.45) is 1.07. The van der Waals surface area contributed by atoms with Crippen molar-refractivity contribution in [2.45, 2.75) is 39.1 Å². The number of benzene rings is 1. The van der Waals surface area contributed by atoms with Crippen LogP contribution in [0, 0.1) is 5.92 Å². The van der Waals surface area contributed by atoms with Crippen molar-refractivity contribution < 1.29 is 0 Å². The van der Waals surface area contributed by atoms with Gasteiger partial charge in [-0.2, -0.15) is 0 Å². The minimum atomic E-state index is 0.421. The highest BCUT2D eigenvalue weighted by Crippen LogP contribution is 2.30. The quantitative estimate of drug-likeness (QED) is 0.720. The summed E-state index contributed by atoms with van der Waals surface area (Å²) in [6.45, 7) is 6.66. The molecule has 0 radical (unpaired) electrons. The molecule has 0 fully saturated rings. The minimum Gasteiger partial charge on any atom is -0.324 e. The highest BCUT2D eigenvalue weighted by atomic mass is 35.5. The van der Waals surface area contributed by atoms with Gasteiger partial charge in [0, 0.05) is 11.1 Å². The molecular weight excluding hydrogens is 267 g/mol. The SMILES string of the molecule is CCC(C(C)C)n1c(CCl)nc2cc(Cl)ccc21. The van der Waals surface area contributed by atoms with E-state index in [1.807, 2.05) is 18.2 Å². The molecule has 0 amide bonds. The van der Waals surface area contributed by atoms with Gasteiger partial charge in [-0.1, -0.05) is 32.4 Å². The maximum atomic E-state index is 6.03. The summed E-state index contributed by atoms with van der Waals surface area (Å²) in [5.41, 5.74) is 2.05. The lowest BCUT2D eigenvalue weighted by Gasteiger charge is -2.23. The van der Waals surface area contributed by atoms with Gasteiger partial charge in [-0.15, -0.1) is 11.6 Å². The van der Waals surface area contributed by atoms with Crippen LogP contribution >= 0.6 is 23.2 Å². The number of hydrogen-bond donors (Lipinski definition) is 0. The molecule has 2 nitrogen and oxygen atoms in total. The zero-order valence-corrected chi connectivity index (χ0v) is 12.5. The van der Waals surface area contributed by atoms with Crippen LogP contribution in [0.5, 0.6) is 0 Å². The van der Waals surface area contributed by atoms with E-state index in [1.165, 1.54) is 0 Å². The van der Waals surface area contributed by atoms with Gasteiger partial charge in [0.2, 0.25) is 0 Å². The van der Waals surface area contributed by atoms with Crippen LogP contribution in [0.3, 0.4) is 0 Å². The second kappa shape index (κ2) is 5.50. The highest BCUT2D eigenvalue weighted by molar-refractivity contribution is 6.31. The van der Waals surface area contributed by atoms with Gasteiger partial charge in [0.05, 0.1) is 16.9 Å². The van der Waals surface area contributed by atoms with Crippen molar-refractivity contribution >= 4 is 34.2 Å². The summed E-state index contributed by atoms with van der Waals surface area (Å²) in [5.74, 6) is 1.90. The van der Waals surface area contributed by atoms with Crippen LogP contribution in [0.15, 0.2) is 18.2 Å². The van der Waals surface area contributed by atoms with Crippen LogP contribution in [0.2, 0.25) is 5.02 Å². The Morgan fingerprint density at radius 2 is 2.06 bits per heavy atom. The lowest BCUT2D eigenvalue weighted by Crippen LogP contribution is -2.16. The van der Waals surface area contributed by atoms with Gasteiger partial charge < -0.3 is 4.57 Å². The summed E-state index contributed by atoms with van der Waals surface area (Å²) in [4.78, 5) is 4.59. The molecule has 4 heteroatoms. The zero-order valence-electron chi connectivity index (χ0n) is 11.0. The number of aromatic nitrogens is 2. The predicted molar refractivity (Wildman–Crippen MR) is 78.5 cm³/mol. The molecule has 0 bridgehead atoms. The smallest absolute Gasteiger partial charge is 0.125 e. The molecule has 0 saturated heterocycles. The average molecular weight is 285 g/mol. The van der Waals surface area contributed by atoms with E-state index in [-0.39, 0.29) is 0 Å². The normalized spacial score (nSPS) is 13.4. The standard InChI is InChI=1S/C14H18Cl2N2/c1-4-12(9(2)3)18-13-6-5-10(16)7-11(13)17-14(18)8-15/h5-7,9,12H,4,8H2,1-3H3. The molecule has 2 rings (SSSR count). The van der Waals surface area contributed by atoms with Crippen LogP contribution in [-0.4, -0.2) is 9.55 Å². The van der Waals surface area contributed by atoms with Gasteiger partial charge in [-0.25, -0.2) is 4.98 Å². The molecule has 0 aliphatic heterocycles. The molecule has 0 N–H and O–H groups in total. The Morgan fingerprint density at radius 3 is 2.61 bits per heavy atom. The fraction of sp³-hybridized carbons (Fsp3) is 0.500. The summed E-state index contributed by atoms with van der Waals surface area (Å²) in [7, 11) is 0. The van der Waals surface area contributed by atoms with Crippen LogP contribution in [-0.2, 0) is 5.88 Å². The predicted octanol–water partition coefficient (Wildman–Crippen LogP) is 5.04. The number of fused-ring (bicyclic) bond motifs is 1. The van der Waals surface area contributed by atoms with E-state index in [4.69, 9.17) is 23.2 Å². The molecule has 18 heavy (non-hydrogen) atoms. The Balaban J connectivity index is 2.66. The molecule has 1 aromatic carbocycles. The van der Waals surface area contributed by atoms with Crippen LogP contribution in [0.1, 0.15) is 39.1 Å². The average Bonchev–Trinajstić information content (AvgIpc) is 2.67. The molecule has 2 aromatic rings. The van der Waals surface area contributed by atoms with Crippen molar-refractivity contribution in [3.05, 3.63) is 29.0 Å². The number of halogens is 2. The van der Waals surface area contributed by atoms with Gasteiger partial charge >= 0.3 is 0 Å². The first kappa shape index (κ1) is 13.7. The third-order valence-corrected chi connectivity index (χ3v) is 3.84. The van der Waals surface area contributed by atoms with Crippen LogP contribution in [0.4, 0.5) is 0 Å². The summed E-state index contributed by atoms with van der Waals surface area (Å²) < 4.78 is 2.27. The van der Waals surface area contributed by atoms with E-state index in [1.54, 1.807) is 0 Å². The van der Waals surface area contributed by atoms with Crippen molar-refractivity contribution in [3.8, 4) is 0 Å². The molecule has 0 aliphatic rings. The van der Waals surface area contributed by atoms with Crippen molar-refractivity contribution in [1.82, 2.24) is 9.55 Å². The van der Waals surface area contributed by atoms with E-state index in [9.17, 15) is 0 Å². The van der Waals surface area contributed by atoms with Crippen molar-refractivity contribution in [1.29, 1.82) is 0 Å². The Hall–Kier alpha value is -0.730. The van der Waals surface area contributed by atoms with E-state index < -0.39 is 0 Å². The molecule has 98 valence electrons. The zero-order chi connectivity index (χ0) is 13.3. The molecule has 0 spiro atoms. The summed E-state index contributed by atoms with van der Waals surface area (Å²) in [6, 6.07) is 6.26. The molecule has 0 aliphatic carbocycles. The first-order valence-electron chi connectivity index (χ1n) is 6.30. The third-order valence-electron chi connectivity index (χ3n) is 3.36. The number of hydrogen-bond acceptors (Lipinski definition) is 1.